The Bertz CT molecular complexity index is 664. The fraction of sp³-hybridized carbons (Fsp3) is 0.375. The van der Waals surface area contributed by atoms with Crippen LogP contribution in [0.2, 0.25) is 5.02 Å². The first-order valence-corrected chi connectivity index (χ1v) is 7.46. The summed E-state index contributed by atoms with van der Waals surface area (Å²) in [5, 5.41) is 0.376. The average molecular weight is 337 g/mol. The molecule has 6 nitrogen and oxygen atoms in total. The van der Waals surface area contributed by atoms with Gasteiger partial charge in [-0.05, 0) is 18.6 Å². The van der Waals surface area contributed by atoms with Crippen molar-refractivity contribution in [2.24, 2.45) is 5.92 Å². The maximum atomic E-state index is 12.5. The van der Waals surface area contributed by atoms with E-state index in [2.05, 4.69) is 0 Å². The minimum Gasteiger partial charge on any atom is -0.300 e. The number of carbonyl (C=O) groups excluding carboxylic acids is 4. The van der Waals surface area contributed by atoms with Crippen molar-refractivity contribution in [3.63, 3.8) is 0 Å². The Morgan fingerprint density at radius 1 is 1.13 bits per heavy atom. The minimum absolute atomic E-state index is 0.0122. The van der Waals surface area contributed by atoms with Gasteiger partial charge in [0.15, 0.2) is 0 Å². The van der Waals surface area contributed by atoms with Crippen LogP contribution in [0.3, 0.4) is 0 Å². The van der Waals surface area contributed by atoms with Crippen LogP contribution in [0.25, 0.3) is 0 Å². The Hall–Kier alpha value is -2.21. The number of hydrogen-bond donors (Lipinski definition) is 0. The van der Waals surface area contributed by atoms with Crippen molar-refractivity contribution in [2.45, 2.75) is 19.3 Å². The molecule has 1 fully saturated rings. The van der Waals surface area contributed by atoms with E-state index in [1.165, 1.54) is 21.0 Å². The Labute approximate surface area is 139 Å². The number of imide groups is 2. The molecule has 7 heteroatoms. The summed E-state index contributed by atoms with van der Waals surface area (Å²) >= 11 is 6.19. The molecular weight excluding hydrogens is 320 g/mol. The van der Waals surface area contributed by atoms with E-state index in [-0.39, 0.29) is 12.2 Å². The van der Waals surface area contributed by atoms with Crippen molar-refractivity contribution in [3.8, 4) is 0 Å². The summed E-state index contributed by atoms with van der Waals surface area (Å²) in [6.07, 6.45) is -0.0122. The molecular formula is C16H17ClN2O4. The van der Waals surface area contributed by atoms with Crippen molar-refractivity contribution in [1.29, 1.82) is 0 Å². The highest BCUT2D eigenvalue weighted by Crippen LogP contribution is 2.36. The van der Waals surface area contributed by atoms with Gasteiger partial charge in [0.2, 0.25) is 11.8 Å². The lowest BCUT2D eigenvalue weighted by Crippen LogP contribution is -2.58. The lowest BCUT2D eigenvalue weighted by atomic mass is 9.80. The maximum Gasteiger partial charge on any atom is 0.332 e. The fourth-order valence-electron chi connectivity index (χ4n) is 2.77. The van der Waals surface area contributed by atoms with E-state index in [1.54, 1.807) is 24.3 Å². The van der Waals surface area contributed by atoms with Gasteiger partial charge in [-0.1, -0.05) is 29.8 Å². The van der Waals surface area contributed by atoms with E-state index >= 15 is 0 Å². The number of nitrogens with zero attached hydrogens (tertiary/aromatic N) is 2. The molecule has 0 saturated carbocycles. The molecule has 1 heterocycles. The molecule has 0 bridgehead atoms. The number of urea groups is 1. The lowest BCUT2D eigenvalue weighted by Gasteiger charge is -2.36. The van der Waals surface area contributed by atoms with Crippen LogP contribution < -0.4 is 0 Å². The van der Waals surface area contributed by atoms with Gasteiger partial charge in [0.1, 0.15) is 11.7 Å². The van der Waals surface area contributed by atoms with Crippen molar-refractivity contribution in [3.05, 3.63) is 34.9 Å². The SMILES string of the molecule is CC(=O)C[C@H](c1ccccc1Cl)C1C(=O)N(C)C(=O)N(C)C1=O. The van der Waals surface area contributed by atoms with E-state index in [0.717, 1.165) is 9.80 Å². The second-order valence-electron chi connectivity index (χ2n) is 5.59. The van der Waals surface area contributed by atoms with E-state index in [4.69, 9.17) is 11.6 Å². The smallest absolute Gasteiger partial charge is 0.300 e. The molecule has 1 aromatic rings. The molecule has 0 N–H and O–H groups in total. The number of barbiturate groups is 1. The average Bonchev–Trinajstić information content (AvgIpc) is 2.50. The molecule has 122 valence electrons. The molecule has 23 heavy (non-hydrogen) atoms. The Morgan fingerprint density at radius 2 is 1.65 bits per heavy atom. The summed E-state index contributed by atoms with van der Waals surface area (Å²) in [7, 11) is 2.63. The van der Waals surface area contributed by atoms with Gasteiger partial charge in [-0.25, -0.2) is 4.79 Å². The summed E-state index contributed by atoms with van der Waals surface area (Å²) in [4.78, 5) is 50.3. The Kier molecular flexibility index (Phi) is 4.85. The third kappa shape index (κ3) is 3.12. The first kappa shape index (κ1) is 17.1. The van der Waals surface area contributed by atoms with Gasteiger partial charge >= 0.3 is 6.03 Å². The molecule has 0 radical (unpaired) electrons. The normalized spacial score (nSPS) is 17.7. The van der Waals surface area contributed by atoms with E-state index < -0.39 is 29.7 Å². The predicted octanol–water partition coefficient (Wildman–Crippen LogP) is 2.07. The van der Waals surface area contributed by atoms with Crippen LogP contribution in [-0.2, 0) is 14.4 Å². The Balaban J connectivity index is 2.52. The van der Waals surface area contributed by atoms with Crippen molar-refractivity contribution in [2.75, 3.05) is 14.1 Å². The van der Waals surface area contributed by atoms with Crippen molar-refractivity contribution >= 4 is 35.2 Å². The minimum atomic E-state index is -1.15. The molecule has 1 aromatic carbocycles. The highest BCUT2D eigenvalue weighted by atomic mass is 35.5. The summed E-state index contributed by atoms with van der Waals surface area (Å²) in [6.45, 7) is 1.39. The molecule has 1 saturated heterocycles. The number of Topliss-reactive ketones (excluding diaryl/α,β-unsaturated/α-hetero) is 1. The monoisotopic (exact) mass is 336 g/mol. The molecule has 0 spiro atoms. The molecule has 1 aliphatic rings. The first-order chi connectivity index (χ1) is 10.8. The van der Waals surface area contributed by atoms with Gasteiger partial charge in [-0.3, -0.25) is 19.4 Å². The molecule has 2 rings (SSSR count). The number of halogens is 1. The molecule has 0 unspecified atom stereocenters. The summed E-state index contributed by atoms with van der Waals surface area (Å²) < 4.78 is 0. The topological polar surface area (TPSA) is 74.8 Å². The summed E-state index contributed by atoms with van der Waals surface area (Å²) in [5.74, 6) is -3.27. The zero-order valence-electron chi connectivity index (χ0n) is 13.1. The van der Waals surface area contributed by atoms with Gasteiger partial charge in [0.05, 0.1) is 0 Å². The standard InChI is InChI=1S/C16H17ClN2O4/c1-9(20)8-11(10-6-4-5-7-12(10)17)13-14(21)18(2)16(23)19(3)15(13)22/h4-7,11,13H,8H2,1-3H3/t11-/m1/s1. The number of rotatable bonds is 4. The van der Waals surface area contributed by atoms with Gasteiger partial charge in [-0.15, -0.1) is 0 Å². The Morgan fingerprint density at radius 3 is 2.13 bits per heavy atom. The van der Waals surface area contributed by atoms with Crippen LogP contribution in [0.4, 0.5) is 4.79 Å². The number of amides is 4. The van der Waals surface area contributed by atoms with Crippen LogP contribution in [0, 0.1) is 5.92 Å². The van der Waals surface area contributed by atoms with Gasteiger partial charge < -0.3 is 4.79 Å². The summed E-state index contributed by atoms with van der Waals surface area (Å²) in [6, 6.07) is 6.10. The van der Waals surface area contributed by atoms with E-state index in [1.807, 2.05) is 0 Å². The van der Waals surface area contributed by atoms with Crippen LogP contribution in [-0.4, -0.2) is 47.5 Å². The van der Waals surface area contributed by atoms with Crippen LogP contribution in [0.5, 0.6) is 0 Å². The maximum absolute atomic E-state index is 12.5. The highest BCUT2D eigenvalue weighted by Gasteiger charge is 2.47. The fourth-order valence-corrected chi connectivity index (χ4v) is 3.05. The van der Waals surface area contributed by atoms with Crippen molar-refractivity contribution < 1.29 is 19.2 Å². The highest BCUT2D eigenvalue weighted by molar-refractivity contribution is 6.31. The number of carbonyl (C=O) groups is 4. The quantitative estimate of drug-likeness (QED) is 0.789. The second kappa shape index (κ2) is 6.50. The molecule has 0 aromatic heterocycles. The molecule has 4 amide bonds. The number of benzene rings is 1. The summed E-state index contributed by atoms with van der Waals surface area (Å²) in [5.41, 5.74) is 0.548. The largest absolute Gasteiger partial charge is 0.332 e. The van der Waals surface area contributed by atoms with Crippen LogP contribution in [0.15, 0.2) is 24.3 Å². The zero-order valence-corrected chi connectivity index (χ0v) is 13.8. The van der Waals surface area contributed by atoms with E-state index in [9.17, 15) is 19.2 Å². The third-order valence-corrected chi connectivity index (χ3v) is 4.33. The number of ketones is 1. The lowest BCUT2D eigenvalue weighted by molar-refractivity contribution is -0.148. The zero-order chi connectivity index (χ0) is 17.3. The van der Waals surface area contributed by atoms with Gasteiger partial charge in [0.25, 0.3) is 0 Å². The molecule has 1 atom stereocenters. The third-order valence-electron chi connectivity index (χ3n) is 3.98. The first-order valence-electron chi connectivity index (χ1n) is 7.08. The van der Waals surface area contributed by atoms with Gasteiger partial charge in [-0.2, -0.15) is 0 Å². The molecule has 0 aliphatic carbocycles. The van der Waals surface area contributed by atoms with Crippen molar-refractivity contribution in [1.82, 2.24) is 9.80 Å². The van der Waals surface area contributed by atoms with Crippen LogP contribution >= 0.6 is 11.6 Å². The number of hydrogen-bond acceptors (Lipinski definition) is 4. The van der Waals surface area contributed by atoms with Gasteiger partial charge in [0, 0.05) is 31.5 Å². The van der Waals surface area contributed by atoms with E-state index in [0.29, 0.717) is 10.6 Å². The van der Waals surface area contributed by atoms with Crippen LogP contribution in [0.1, 0.15) is 24.8 Å². The second-order valence-corrected chi connectivity index (χ2v) is 6.00. The predicted molar refractivity (Wildman–Crippen MR) is 83.9 cm³/mol. The molecule has 1 aliphatic heterocycles.